The number of ether oxygens (including phenoxy) is 1. The highest BCUT2D eigenvalue weighted by molar-refractivity contribution is 7.10. The van der Waals surface area contributed by atoms with Crippen molar-refractivity contribution in [1.29, 1.82) is 0 Å². The molecule has 2 rings (SSSR count). The Morgan fingerprint density at radius 2 is 2.21 bits per heavy atom. The fraction of sp³-hybridized carbons (Fsp3) is 0.286. The van der Waals surface area contributed by atoms with Gasteiger partial charge in [0.15, 0.2) is 0 Å². The van der Waals surface area contributed by atoms with E-state index in [9.17, 15) is 4.39 Å². The zero-order valence-electron chi connectivity index (χ0n) is 10.7. The highest BCUT2D eigenvalue weighted by Gasteiger charge is 2.21. The monoisotopic (exact) mass is 299 g/mol. The van der Waals surface area contributed by atoms with E-state index in [0.717, 1.165) is 17.0 Å². The molecule has 1 atom stereocenters. The molecule has 0 amide bonds. The van der Waals surface area contributed by atoms with Crippen LogP contribution in [0, 0.1) is 5.82 Å². The van der Waals surface area contributed by atoms with Gasteiger partial charge in [0, 0.05) is 10.4 Å². The van der Waals surface area contributed by atoms with Gasteiger partial charge in [-0.2, -0.15) is 0 Å². The van der Waals surface area contributed by atoms with Crippen LogP contribution in [0.3, 0.4) is 0 Å². The van der Waals surface area contributed by atoms with Crippen LogP contribution in [-0.4, -0.2) is 13.7 Å². The Morgan fingerprint density at radius 3 is 2.79 bits per heavy atom. The topological polar surface area (TPSA) is 21.3 Å². The number of nitrogens with one attached hydrogen (secondary N) is 1. The van der Waals surface area contributed by atoms with Gasteiger partial charge in [-0.15, -0.1) is 11.3 Å². The summed E-state index contributed by atoms with van der Waals surface area (Å²) in [7, 11) is 1.58. The second kappa shape index (κ2) is 6.37. The lowest BCUT2D eigenvalue weighted by Crippen LogP contribution is -2.22. The maximum Gasteiger partial charge on any atom is 0.124 e. The second-order valence-electron chi connectivity index (χ2n) is 4.01. The minimum atomic E-state index is -0.286. The molecule has 0 bridgehead atoms. The Morgan fingerprint density at radius 1 is 1.42 bits per heavy atom. The van der Waals surface area contributed by atoms with Crippen LogP contribution < -0.4 is 10.1 Å². The normalized spacial score (nSPS) is 12.4. The van der Waals surface area contributed by atoms with Crippen molar-refractivity contribution in [3.8, 4) is 5.75 Å². The van der Waals surface area contributed by atoms with Crippen molar-refractivity contribution < 1.29 is 9.13 Å². The summed E-state index contributed by atoms with van der Waals surface area (Å²) in [4.78, 5) is 0.965. The molecule has 0 saturated carbocycles. The predicted octanol–water partition coefficient (Wildman–Crippen LogP) is 4.25. The van der Waals surface area contributed by atoms with Gasteiger partial charge in [0.25, 0.3) is 0 Å². The molecular weight excluding hydrogens is 285 g/mol. The molecular formula is C14H15ClFNOS. The Labute approximate surface area is 121 Å². The van der Waals surface area contributed by atoms with Gasteiger partial charge in [-0.05, 0) is 36.2 Å². The summed E-state index contributed by atoms with van der Waals surface area (Å²) in [5.41, 5.74) is 0.758. The first-order valence-electron chi connectivity index (χ1n) is 5.97. The van der Waals surface area contributed by atoms with E-state index in [-0.39, 0.29) is 11.9 Å². The van der Waals surface area contributed by atoms with Gasteiger partial charge >= 0.3 is 0 Å². The molecule has 0 aliphatic rings. The molecule has 0 aliphatic carbocycles. The van der Waals surface area contributed by atoms with Gasteiger partial charge < -0.3 is 10.1 Å². The Kier molecular flexibility index (Phi) is 4.80. The largest absolute Gasteiger partial charge is 0.496 e. The maximum atomic E-state index is 13.5. The molecule has 5 heteroatoms. The van der Waals surface area contributed by atoms with Gasteiger partial charge in [-0.3, -0.25) is 0 Å². The first-order valence-corrected chi connectivity index (χ1v) is 7.22. The summed E-state index contributed by atoms with van der Waals surface area (Å²) in [5.74, 6) is 0.364. The van der Waals surface area contributed by atoms with Crippen molar-refractivity contribution in [2.24, 2.45) is 0 Å². The molecule has 1 heterocycles. The molecule has 2 aromatic rings. The third-order valence-corrected chi connectivity index (χ3v) is 4.24. The molecule has 102 valence electrons. The Balaban J connectivity index is 2.50. The number of halogens is 2. The van der Waals surface area contributed by atoms with E-state index in [1.165, 1.54) is 12.1 Å². The summed E-state index contributed by atoms with van der Waals surface area (Å²) >= 11 is 7.74. The first kappa shape index (κ1) is 14.3. The Hall–Kier alpha value is -1.10. The lowest BCUT2D eigenvalue weighted by Gasteiger charge is -2.20. The molecule has 0 radical (unpaired) electrons. The molecule has 0 saturated heterocycles. The number of methoxy groups -OCH3 is 1. The summed E-state index contributed by atoms with van der Waals surface area (Å²) in [6, 6.07) is 6.20. The Bertz CT molecular complexity index is 558. The summed E-state index contributed by atoms with van der Waals surface area (Å²) in [6.07, 6.45) is 0. The van der Waals surface area contributed by atoms with E-state index in [1.54, 1.807) is 24.5 Å². The van der Waals surface area contributed by atoms with Crippen molar-refractivity contribution in [3.63, 3.8) is 0 Å². The summed E-state index contributed by atoms with van der Waals surface area (Å²) in [5, 5.41) is 5.93. The third-order valence-electron chi connectivity index (χ3n) is 2.82. The van der Waals surface area contributed by atoms with Crippen LogP contribution in [0.1, 0.15) is 23.4 Å². The molecule has 1 N–H and O–H groups in total. The van der Waals surface area contributed by atoms with Gasteiger partial charge in [0.1, 0.15) is 11.6 Å². The molecule has 0 aliphatic heterocycles. The fourth-order valence-electron chi connectivity index (χ4n) is 1.99. The minimum absolute atomic E-state index is 0.164. The fourth-order valence-corrected chi connectivity index (χ4v) is 3.25. The van der Waals surface area contributed by atoms with Gasteiger partial charge in [0.05, 0.1) is 18.2 Å². The highest BCUT2D eigenvalue weighted by atomic mass is 35.5. The quantitative estimate of drug-likeness (QED) is 0.891. The van der Waals surface area contributed by atoms with Crippen LogP contribution in [0.2, 0.25) is 5.02 Å². The zero-order valence-corrected chi connectivity index (χ0v) is 12.3. The molecule has 0 spiro atoms. The van der Waals surface area contributed by atoms with Crippen molar-refractivity contribution in [3.05, 3.63) is 50.9 Å². The molecule has 1 unspecified atom stereocenters. The third kappa shape index (κ3) is 3.08. The number of benzene rings is 1. The highest BCUT2D eigenvalue weighted by Crippen LogP contribution is 2.37. The van der Waals surface area contributed by atoms with E-state index >= 15 is 0 Å². The summed E-state index contributed by atoms with van der Waals surface area (Å²) < 4.78 is 18.8. The van der Waals surface area contributed by atoms with Crippen LogP contribution in [-0.2, 0) is 0 Å². The lowest BCUT2D eigenvalue weighted by atomic mass is 10.0. The van der Waals surface area contributed by atoms with E-state index < -0.39 is 0 Å². The minimum Gasteiger partial charge on any atom is -0.496 e. The van der Waals surface area contributed by atoms with E-state index in [1.807, 2.05) is 18.4 Å². The van der Waals surface area contributed by atoms with Crippen molar-refractivity contribution >= 4 is 22.9 Å². The average molecular weight is 300 g/mol. The number of thiophene rings is 1. The average Bonchev–Trinajstić information content (AvgIpc) is 2.82. The SMILES string of the molecule is CCNC(c1cc(F)ccc1OC)c1sccc1Cl. The number of rotatable bonds is 5. The first-order chi connectivity index (χ1) is 9.17. The summed E-state index contributed by atoms with van der Waals surface area (Å²) in [6.45, 7) is 2.75. The van der Waals surface area contributed by atoms with Gasteiger partial charge in [-0.1, -0.05) is 18.5 Å². The van der Waals surface area contributed by atoms with Gasteiger partial charge in [0.2, 0.25) is 0 Å². The molecule has 2 nitrogen and oxygen atoms in total. The van der Waals surface area contributed by atoms with Gasteiger partial charge in [-0.25, -0.2) is 4.39 Å². The smallest absolute Gasteiger partial charge is 0.124 e. The van der Waals surface area contributed by atoms with Crippen molar-refractivity contribution in [2.45, 2.75) is 13.0 Å². The molecule has 1 aromatic carbocycles. The molecule has 1 aromatic heterocycles. The predicted molar refractivity (Wildman–Crippen MR) is 77.8 cm³/mol. The van der Waals surface area contributed by atoms with Crippen LogP contribution >= 0.6 is 22.9 Å². The standard InChI is InChI=1S/C14H15ClFNOS/c1-3-17-13(14-11(15)6-7-19-14)10-8-9(16)4-5-12(10)18-2/h4-8,13,17H,3H2,1-2H3. The van der Waals surface area contributed by atoms with Crippen molar-refractivity contribution in [2.75, 3.05) is 13.7 Å². The molecule has 0 fully saturated rings. The van der Waals surface area contributed by atoms with E-state index in [2.05, 4.69) is 5.32 Å². The van der Waals surface area contributed by atoms with E-state index in [4.69, 9.17) is 16.3 Å². The van der Waals surface area contributed by atoms with Crippen LogP contribution in [0.25, 0.3) is 0 Å². The van der Waals surface area contributed by atoms with Crippen LogP contribution in [0.15, 0.2) is 29.6 Å². The second-order valence-corrected chi connectivity index (χ2v) is 5.36. The number of hydrogen-bond acceptors (Lipinski definition) is 3. The number of hydrogen-bond donors (Lipinski definition) is 1. The van der Waals surface area contributed by atoms with Crippen LogP contribution in [0.5, 0.6) is 5.75 Å². The molecule has 19 heavy (non-hydrogen) atoms. The van der Waals surface area contributed by atoms with Crippen molar-refractivity contribution in [1.82, 2.24) is 5.32 Å². The van der Waals surface area contributed by atoms with Crippen LogP contribution in [0.4, 0.5) is 4.39 Å². The maximum absolute atomic E-state index is 13.5. The zero-order chi connectivity index (χ0) is 13.8. The lowest BCUT2D eigenvalue weighted by molar-refractivity contribution is 0.403. The van der Waals surface area contributed by atoms with E-state index in [0.29, 0.717) is 10.8 Å².